The van der Waals surface area contributed by atoms with Gasteiger partial charge in [0, 0.05) is 17.1 Å². The maximum absolute atomic E-state index is 12.0. The highest BCUT2D eigenvalue weighted by Crippen LogP contribution is 2.21. The van der Waals surface area contributed by atoms with Crippen LogP contribution in [0.5, 0.6) is 0 Å². The molecule has 1 heterocycles. The van der Waals surface area contributed by atoms with Crippen molar-refractivity contribution in [3.8, 4) is 0 Å². The Kier molecular flexibility index (Phi) is 6.79. The highest BCUT2D eigenvalue weighted by Gasteiger charge is 2.24. The molecule has 19 heavy (non-hydrogen) atoms. The van der Waals surface area contributed by atoms with Crippen LogP contribution in [-0.2, 0) is 4.79 Å². The number of hydrogen-bond acceptors (Lipinski definition) is 3. The quantitative estimate of drug-likeness (QED) is 0.877. The predicted molar refractivity (Wildman–Crippen MR) is 83.7 cm³/mol. The molecule has 1 aliphatic rings. The number of benzene rings is 1. The van der Waals surface area contributed by atoms with Crippen molar-refractivity contribution < 1.29 is 4.79 Å². The van der Waals surface area contributed by atoms with E-state index in [9.17, 15) is 4.79 Å². The minimum Gasteiger partial charge on any atom is -0.329 e. The summed E-state index contributed by atoms with van der Waals surface area (Å²) in [6.07, 6.45) is 2.23. The fourth-order valence-electron chi connectivity index (χ4n) is 2.31. The van der Waals surface area contributed by atoms with Gasteiger partial charge in [0.1, 0.15) is 0 Å². The zero-order valence-electron chi connectivity index (χ0n) is 10.6. The predicted octanol–water partition coefficient (Wildman–Crippen LogP) is 2.23. The number of carbonyl (C=O) groups is 1. The lowest BCUT2D eigenvalue weighted by atomic mass is 10.2. The summed E-state index contributed by atoms with van der Waals surface area (Å²) in [5, 5.41) is 2.91. The van der Waals surface area contributed by atoms with Crippen molar-refractivity contribution in [2.75, 3.05) is 25.0 Å². The highest BCUT2D eigenvalue weighted by molar-refractivity contribution is 9.10. The number of para-hydroxylation sites is 1. The van der Waals surface area contributed by atoms with E-state index in [4.69, 9.17) is 5.73 Å². The van der Waals surface area contributed by atoms with E-state index < -0.39 is 0 Å². The van der Waals surface area contributed by atoms with E-state index in [-0.39, 0.29) is 18.3 Å². The van der Waals surface area contributed by atoms with Crippen LogP contribution in [0, 0.1) is 0 Å². The lowest BCUT2D eigenvalue weighted by molar-refractivity contribution is -0.117. The van der Waals surface area contributed by atoms with Crippen molar-refractivity contribution in [1.82, 2.24) is 4.90 Å². The van der Waals surface area contributed by atoms with Crippen LogP contribution in [0.4, 0.5) is 5.69 Å². The minimum atomic E-state index is 0. The summed E-state index contributed by atoms with van der Waals surface area (Å²) in [7, 11) is 0. The third-order valence-corrected chi connectivity index (χ3v) is 3.96. The molecule has 0 radical (unpaired) electrons. The Hall–Kier alpha value is -0.620. The Balaban J connectivity index is 0.00000180. The molecule has 106 valence electrons. The molecule has 1 fully saturated rings. The van der Waals surface area contributed by atoms with Gasteiger partial charge in [-0.15, -0.1) is 12.4 Å². The van der Waals surface area contributed by atoms with E-state index >= 15 is 0 Å². The molecule has 0 bridgehead atoms. The smallest absolute Gasteiger partial charge is 0.238 e. The normalized spacial score (nSPS) is 18.9. The van der Waals surface area contributed by atoms with Gasteiger partial charge in [-0.25, -0.2) is 0 Å². The van der Waals surface area contributed by atoms with Gasteiger partial charge in [0.05, 0.1) is 12.2 Å². The fourth-order valence-corrected chi connectivity index (χ4v) is 2.69. The van der Waals surface area contributed by atoms with E-state index in [2.05, 4.69) is 26.1 Å². The largest absolute Gasteiger partial charge is 0.329 e. The molecule has 0 saturated carbocycles. The molecule has 0 spiro atoms. The molecule has 2 rings (SSSR count). The third-order valence-electron chi connectivity index (χ3n) is 3.27. The lowest BCUT2D eigenvalue weighted by Crippen LogP contribution is -2.40. The molecule has 1 amide bonds. The molecule has 1 atom stereocenters. The van der Waals surface area contributed by atoms with E-state index in [1.54, 1.807) is 0 Å². The molecule has 1 unspecified atom stereocenters. The van der Waals surface area contributed by atoms with Gasteiger partial charge in [-0.3, -0.25) is 9.69 Å². The first-order valence-electron chi connectivity index (χ1n) is 6.19. The Labute approximate surface area is 128 Å². The average Bonchev–Trinajstić information content (AvgIpc) is 2.79. The van der Waals surface area contributed by atoms with Crippen LogP contribution < -0.4 is 11.1 Å². The molecule has 1 aliphatic heterocycles. The minimum absolute atomic E-state index is 0. The summed E-state index contributed by atoms with van der Waals surface area (Å²) < 4.78 is 0.898. The molecule has 1 aromatic rings. The number of halogens is 2. The van der Waals surface area contributed by atoms with Crippen LogP contribution in [0.15, 0.2) is 28.7 Å². The average molecular weight is 349 g/mol. The van der Waals surface area contributed by atoms with Crippen LogP contribution >= 0.6 is 28.3 Å². The summed E-state index contributed by atoms with van der Waals surface area (Å²) in [6.45, 7) is 2.01. The van der Waals surface area contributed by atoms with E-state index in [0.717, 1.165) is 29.5 Å². The third kappa shape index (κ3) is 4.45. The van der Waals surface area contributed by atoms with E-state index in [0.29, 0.717) is 19.1 Å². The van der Waals surface area contributed by atoms with Gasteiger partial charge in [-0.1, -0.05) is 12.1 Å². The fraction of sp³-hybridized carbons (Fsp3) is 0.462. The topological polar surface area (TPSA) is 58.4 Å². The SMILES string of the molecule is Cl.NCC1CCCN1CC(=O)Nc1ccccc1Br. The summed E-state index contributed by atoms with van der Waals surface area (Å²) in [6, 6.07) is 7.97. The van der Waals surface area contributed by atoms with Gasteiger partial charge < -0.3 is 11.1 Å². The van der Waals surface area contributed by atoms with Crippen molar-refractivity contribution in [3.63, 3.8) is 0 Å². The van der Waals surface area contributed by atoms with Crippen molar-refractivity contribution in [1.29, 1.82) is 0 Å². The number of amides is 1. The molecule has 1 aromatic carbocycles. The molecular weight excluding hydrogens is 330 g/mol. The van der Waals surface area contributed by atoms with Gasteiger partial charge in [-0.05, 0) is 47.4 Å². The zero-order chi connectivity index (χ0) is 13.0. The molecule has 0 aliphatic carbocycles. The standard InChI is InChI=1S/C13H18BrN3O.ClH/c14-11-5-1-2-6-12(11)16-13(18)9-17-7-3-4-10(17)8-15;/h1-2,5-6,10H,3-4,7-9,15H2,(H,16,18);1H. The van der Waals surface area contributed by atoms with Crippen LogP contribution in [0.1, 0.15) is 12.8 Å². The molecule has 3 N–H and O–H groups in total. The number of carbonyl (C=O) groups excluding carboxylic acids is 1. The molecule has 1 saturated heterocycles. The maximum Gasteiger partial charge on any atom is 0.238 e. The number of rotatable bonds is 4. The molecule has 4 nitrogen and oxygen atoms in total. The number of likely N-dealkylation sites (tertiary alicyclic amines) is 1. The first kappa shape index (κ1) is 16.4. The van der Waals surface area contributed by atoms with Crippen molar-refractivity contribution in [2.24, 2.45) is 5.73 Å². The van der Waals surface area contributed by atoms with Gasteiger partial charge in [0.15, 0.2) is 0 Å². The summed E-state index contributed by atoms with van der Waals surface area (Å²) in [4.78, 5) is 14.1. The molecule has 6 heteroatoms. The van der Waals surface area contributed by atoms with E-state index in [1.165, 1.54) is 0 Å². The highest BCUT2D eigenvalue weighted by atomic mass is 79.9. The van der Waals surface area contributed by atoms with Crippen molar-refractivity contribution in [3.05, 3.63) is 28.7 Å². The summed E-state index contributed by atoms with van der Waals surface area (Å²) in [5.74, 6) is 0.0160. The molecule has 0 aromatic heterocycles. The Morgan fingerprint density at radius 1 is 1.47 bits per heavy atom. The number of nitrogens with one attached hydrogen (secondary N) is 1. The monoisotopic (exact) mass is 347 g/mol. The van der Waals surface area contributed by atoms with Crippen LogP contribution in [0.2, 0.25) is 0 Å². The molecular formula is C13H19BrClN3O. The van der Waals surface area contributed by atoms with Crippen LogP contribution in [-0.4, -0.2) is 36.5 Å². The lowest BCUT2D eigenvalue weighted by Gasteiger charge is -2.22. The Morgan fingerprint density at radius 2 is 2.21 bits per heavy atom. The van der Waals surface area contributed by atoms with Crippen molar-refractivity contribution in [2.45, 2.75) is 18.9 Å². The van der Waals surface area contributed by atoms with Gasteiger partial charge in [0.2, 0.25) is 5.91 Å². The first-order valence-corrected chi connectivity index (χ1v) is 6.98. The second kappa shape index (κ2) is 7.85. The van der Waals surface area contributed by atoms with Crippen molar-refractivity contribution >= 4 is 39.9 Å². The Bertz CT molecular complexity index is 430. The Morgan fingerprint density at radius 3 is 2.89 bits per heavy atom. The first-order chi connectivity index (χ1) is 8.70. The maximum atomic E-state index is 12.0. The van der Waals surface area contributed by atoms with Gasteiger partial charge >= 0.3 is 0 Å². The summed E-state index contributed by atoms with van der Waals surface area (Å²) in [5.41, 5.74) is 6.51. The second-order valence-corrected chi connectivity index (χ2v) is 5.38. The number of nitrogens with zero attached hydrogens (tertiary/aromatic N) is 1. The second-order valence-electron chi connectivity index (χ2n) is 4.53. The number of nitrogens with two attached hydrogens (primary N) is 1. The van der Waals surface area contributed by atoms with Crippen LogP contribution in [0.25, 0.3) is 0 Å². The zero-order valence-corrected chi connectivity index (χ0v) is 13.0. The van der Waals surface area contributed by atoms with E-state index in [1.807, 2.05) is 24.3 Å². The number of anilines is 1. The van der Waals surface area contributed by atoms with Crippen LogP contribution in [0.3, 0.4) is 0 Å². The van der Waals surface area contributed by atoms with Gasteiger partial charge in [-0.2, -0.15) is 0 Å². The number of hydrogen-bond donors (Lipinski definition) is 2. The summed E-state index contributed by atoms with van der Waals surface area (Å²) >= 11 is 3.41. The van der Waals surface area contributed by atoms with Gasteiger partial charge in [0.25, 0.3) is 0 Å².